The number of aliphatic imine (C=N–C) groups is 1. The summed E-state index contributed by atoms with van der Waals surface area (Å²) < 4.78 is 41.0. The van der Waals surface area contributed by atoms with Crippen molar-refractivity contribution in [2.45, 2.75) is 65.5 Å². The van der Waals surface area contributed by atoms with Crippen LogP contribution in [0.5, 0.6) is 0 Å². The molecule has 0 bridgehead atoms. The normalized spacial score (nSPS) is 15.0. The Balaban J connectivity index is 0. The number of nitrogens with two attached hydrogens (primary N) is 2. The van der Waals surface area contributed by atoms with Crippen LogP contribution in [-0.4, -0.2) is 25.7 Å². The predicted molar refractivity (Wildman–Crippen MR) is 135 cm³/mol. The van der Waals surface area contributed by atoms with Gasteiger partial charge in [0.2, 0.25) is 5.84 Å². The number of halogens is 3. The van der Waals surface area contributed by atoms with Gasteiger partial charge < -0.3 is 16.2 Å². The van der Waals surface area contributed by atoms with Gasteiger partial charge in [-0.05, 0) is 37.6 Å². The van der Waals surface area contributed by atoms with Crippen molar-refractivity contribution < 1.29 is 17.9 Å². The maximum atomic E-state index is 12.1. The Hall–Kier alpha value is -2.54. The molecular weight excluding hydrogens is 427 g/mol. The lowest BCUT2D eigenvalue weighted by Gasteiger charge is -2.18. The van der Waals surface area contributed by atoms with E-state index in [1.807, 2.05) is 43.3 Å². The van der Waals surface area contributed by atoms with Crippen LogP contribution in [0.3, 0.4) is 0 Å². The first kappa shape index (κ1) is 32.6. The van der Waals surface area contributed by atoms with Gasteiger partial charge >= 0.3 is 6.18 Å². The van der Waals surface area contributed by atoms with Crippen LogP contribution in [0.1, 0.15) is 59.3 Å². The molecule has 2 rings (SSSR count). The molecule has 1 aliphatic rings. The minimum Gasteiger partial charge on any atom is -0.501 e. The van der Waals surface area contributed by atoms with E-state index in [1.54, 1.807) is 6.92 Å². The van der Waals surface area contributed by atoms with E-state index in [2.05, 4.69) is 18.5 Å². The molecule has 1 aromatic rings. The Kier molecular flexibility index (Phi) is 21.1. The molecule has 0 amide bonds. The third-order valence-corrected chi connectivity index (χ3v) is 4.53. The van der Waals surface area contributed by atoms with Crippen LogP contribution in [0.2, 0.25) is 0 Å². The van der Waals surface area contributed by atoms with Crippen molar-refractivity contribution in [1.82, 2.24) is 0 Å². The average molecular weight is 470 g/mol. The van der Waals surface area contributed by atoms with Gasteiger partial charge in [-0.1, -0.05) is 95.3 Å². The molecule has 1 aromatic carbocycles. The van der Waals surface area contributed by atoms with Gasteiger partial charge in [0.05, 0.1) is 18.6 Å². The largest absolute Gasteiger partial charge is 0.501 e. The van der Waals surface area contributed by atoms with Crippen LogP contribution in [0.15, 0.2) is 77.7 Å². The first-order valence-corrected chi connectivity index (χ1v) is 11.3. The summed E-state index contributed by atoms with van der Waals surface area (Å²) in [5.74, 6) is 0.200. The molecule has 0 atom stereocenters. The van der Waals surface area contributed by atoms with Crippen LogP contribution < -0.4 is 11.5 Å². The fourth-order valence-electron chi connectivity index (χ4n) is 2.60. The molecule has 4 nitrogen and oxygen atoms in total. The molecule has 0 spiro atoms. The van der Waals surface area contributed by atoms with E-state index in [0.717, 1.165) is 18.5 Å². The Labute approximate surface area is 198 Å². The summed E-state index contributed by atoms with van der Waals surface area (Å²) in [5, 5.41) is 0. The third-order valence-electron chi connectivity index (χ3n) is 4.53. The SMILES string of the molecule is C=C/C(=C\C=C(/C)OC)N=C(N)C(F)(F)F.CCC1CCCCC1.CCN.c1ccccc1. The molecule has 7 heteroatoms. The third kappa shape index (κ3) is 21.1. The highest BCUT2D eigenvalue weighted by atomic mass is 19.4. The summed E-state index contributed by atoms with van der Waals surface area (Å²) in [6.45, 7) is 9.95. The van der Waals surface area contributed by atoms with E-state index in [4.69, 9.17) is 16.2 Å². The van der Waals surface area contributed by atoms with Crippen LogP contribution in [0, 0.1) is 5.92 Å². The van der Waals surface area contributed by atoms with Crippen molar-refractivity contribution in [3.8, 4) is 0 Å². The number of hydrogen-bond acceptors (Lipinski definition) is 3. The van der Waals surface area contributed by atoms with Crippen LogP contribution in [-0.2, 0) is 4.74 Å². The minimum absolute atomic E-state index is 0.00576. The number of nitrogens with zero attached hydrogens (tertiary/aromatic N) is 1. The molecule has 0 radical (unpaired) electrons. The second kappa shape index (κ2) is 21.3. The molecule has 188 valence electrons. The molecular formula is C26H42F3N3O. The summed E-state index contributed by atoms with van der Waals surface area (Å²) >= 11 is 0. The monoisotopic (exact) mass is 469 g/mol. The summed E-state index contributed by atoms with van der Waals surface area (Å²) in [5.41, 5.74) is 9.60. The van der Waals surface area contributed by atoms with Crippen LogP contribution in [0.4, 0.5) is 13.2 Å². The van der Waals surface area contributed by atoms with E-state index in [9.17, 15) is 13.2 Å². The van der Waals surface area contributed by atoms with Crippen molar-refractivity contribution in [2.24, 2.45) is 22.4 Å². The lowest BCUT2D eigenvalue weighted by molar-refractivity contribution is -0.0598. The Morgan fingerprint density at radius 2 is 1.48 bits per heavy atom. The molecule has 4 N–H and O–H groups in total. The number of benzene rings is 1. The van der Waals surface area contributed by atoms with Crippen molar-refractivity contribution in [3.05, 3.63) is 72.7 Å². The second-order valence-electron chi connectivity index (χ2n) is 7.25. The van der Waals surface area contributed by atoms with Gasteiger partial charge in [-0.25, -0.2) is 4.99 Å². The van der Waals surface area contributed by atoms with Gasteiger partial charge in [-0.3, -0.25) is 0 Å². The Morgan fingerprint density at radius 1 is 1.03 bits per heavy atom. The molecule has 0 unspecified atom stereocenters. The molecule has 0 saturated heterocycles. The highest BCUT2D eigenvalue weighted by Gasteiger charge is 2.33. The van der Waals surface area contributed by atoms with Gasteiger partial charge in [0.1, 0.15) is 0 Å². The van der Waals surface area contributed by atoms with E-state index in [1.165, 1.54) is 57.8 Å². The Bertz CT molecular complexity index is 651. The van der Waals surface area contributed by atoms with Crippen LogP contribution in [0.25, 0.3) is 0 Å². The number of ether oxygens (including phenoxy) is 1. The molecule has 0 aliphatic heterocycles. The number of allylic oxidation sites excluding steroid dienone is 4. The zero-order valence-electron chi connectivity index (χ0n) is 20.6. The number of rotatable bonds is 5. The number of hydrogen-bond donors (Lipinski definition) is 2. The zero-order chi connectivity index (χ0) is 25.5. The minimum atomic E-state index is -4.64. The number of alkyl halides is 3. The summed E-state index contributed by atoms with van der Waals surface area (Å²) in [6, 6.07) is 12.0. The van der Waals surface area contributed by atoms with Crippen molar-refractivity contribution in [3.63, 3.8) is 0 Å². The lowest BCUT2D eigenvalue weighted by Crippen LogP contribution is -2.31. The van der Waals surface area contributed by atoms with Gasteiger partial charge in [-0.2, -0.15) is 13.2 Å². The lowest BCUT2D eigenvalue weighted by atomic mass is 9.88. The first-order valence-electron chi connectivity index (χ1n) is 11.3. The molecule has 1 saturated carbocycles. The molecule has 1 aliphatic carbocycles. The highest BCUT2D eigenvalue weighted by Crippen LogP contribution is 2.25. The summed E-state index contributed by atoms with van der Waals surface area (Å²) in [7, 11) is 1.45. The van der Waals surface area contributed by atoms with Gasteiger partial charge in [0.25, 0.3) is 0 Å². The maximum Gasteiger partial charge on any atom is 0.448 e. The Morgan fingerprint density at radius 3 is 1.79 bits per heavy atom. The smallest absolute Gasteiger partial charge is 0.448 e. The van der Waals surface area contributed by atoms with Gasteiger partial charge in [0, 0.05) is 0 Å². The first-order chi connectivity index (χ1) is 15.7. The van der Waals surface area contributed by atoms with Gasteiger partial charge in [-0.15, -0.1) is 0 Å². The zero-order valence-corrected chi connectivity index (χ0v) is 20.6. The van der Waals surface area contributed by atoms with E-state index in [-0.39, 0.29) is 5.70 Å². The van der Waals surface area contributed by atoms with E-state index in [0.29, 0.717) is 5.76 Å². The van der Waals surface area contributed by atoms with Crippen LogP contribution >= 0.6 is 0 Å². The summed E-state index contributed by atoms with van der Waals surface area (Å²) in [4.78, 5) is 3.18. The van der Waals surface area contributed by atoms with Crippen molar-refractivity contribution in [1.29, 1.82) is 0 Å². The highest BCUT2D eigenvalue weighted by molar-refractivity contribution is 5.86. The maximum absolute atomic E-state index is 12.1. The molecule has 0 aromatic heterocycles. The van der Waals surface area contributed by atoms with E-state index >= 15 is 0 Å². The number of methoxy groups -OCH3 is 1. The average Bonchev–Trinajstić information content (AvgIpc) is 2.83. The fourth-order valence-corrected chi connectivity index (χ4v) is 2.60. The number of amidine groups is 1. The van der Waals surface area contributed by atoms with E-state index < -0.39 is 12.0 Å². The van der Waals surface area contributed by atoms with Gasteiger partial charge in [0.15, 0.2) is 0 Å². The molecule has 0 heterocycles. The van der Waals surface area contributed by atoms with Crippen molar-refractivity contribution >= 4 is 5.84 Å². The second-order valence-corrected chi connectivity index (χ2v) is 7.25. The topological polar surface area (TPSA) is 73.6 Å². The predicted octanol–water partition coefficient (Wildman–Crippen LogP) is 7.15. The summed E-state index contributed by atoms with van der Waals surface area (Å²) in [6.07, 6.45) is 8.25. The molecule has 1 fully saturated rings. The fraction of sp³-hybridized carbons (Fsp3) is 0.500. The van der Waals surface area contributed by atoms with Crippen molar-refractivity contribution in [2.75, 3.05) is 13.7 Å². The molecule has 33 heavy (non-hydrogen) atoms. The quantitative estimate of drug-likeness (QED) is 0.208. The standard InChI is InChI=1S/C10H13F3N2O.C8H16.C6H6.C2H7N/c1-4-8(6-5-7(2)16-3)15-9(14)10(11,12)13;1-2-8-6-4-3-5-7-8;1-2-4-6-5-3-1;1-2-3/h4-6H,1H2,2-3H3,(H2,14,15);8H,2-7H2,1H3;1-6H;2-3H2,1H3/b7-5+,8-6+;;;.